The molecule has 1 heterocycles. The third kappa shape index (κ3) is 0.853. The molecule has 0 atom stereocenters. The number of imidazole rings is 1. The van der Waals surface area contributed by atoms with Crippen LogP contribution < -0.4 is 5.73 Å². The maximum absolute atomic E-state index is 8.90. The van der Waals surface area contributed by atoms with Gasteiger partial charge < -0.3 is 15.8 Å². The van der Waals surface area contributed by atoms with Gasteiger partial charge in [0.15, 0.2) is 0 Å². The summed E-state index contributed by atoms with van der Waals surface area (Å²) in [5, 5.41) is 8.90. The summed E-state index contributed by atoms with van der Waals surface area (Å²) < 4.78 is 0. The first-order chi connectivity index (χ1) is 5.83. The van der Waals surface area contributed by atoms with Gasteiger partial charge in [-0.05, 0) is 6.07 Å². The van der Waals surface area contributed by atoms with E-state index in [0.717, 1.165) is 16.6 Å². The van der Waals surface area contributed by atoms with Gasteiger partial charge in [-0.15, -0.1) is 0 Å². The van der Waals surface area contributed by atoms with Crippen LogP contribution in [0.15, 0.2) is 18.5 Å². The first-order valence-electron chi connectivity index (χ1n) is 3.64. The highest BCUT2D eigenvalue weighted by Gasteiger charge is 2.04. The van der Waals surface area contributed by atoms with Gasteiger partial charge in [0.1, 0.15) is 5.52 Å². The Balaban J connectivity index is 2.78. The van der Waals surface area contributed by atoms with E-state index in [1.165, 1.54) is 0 Å². The smallest absolute Gasteiger partial charge is 0.111 e. The number of hydrogen-bond donors (Lipinski definition) is 3. The number of aliphatic hydroxyl groups is 1. The lowest BCUT2D eigenvalue weighted by atomic mass is 10.1. The van der Waals surface area contributed by atoms with Crippen LogP contribution in [0.5, 0.6) is 0 Å². The lowest BCUT2D eigenvalue weighted by Crippen LogP contribution is -1.94. The summed E-state index contributed by atoms with van der Waals surface area (Å²) in [6, 6.07) is 3.64. The number of fused-ring (bicyclic) bond motifs is 1. The first kappa shape index (κ1) is 7.12. The average molecular weight is 163 g/mol. The van der Waals surface area contributed by atoms with Gasteiger partial charge in [-0.2, -0.15) is 0 Å². The predicted octanol–water partition coefficient (Wildman–Crippen LogP) is 0.637. The SMILES string of the molecule is Nc1c(CO)ccc2[nH]cnc12. The number of benzene rings is 1. The minimum absolute atomic E-state index is 0.0470. The summed E-state index contributed by atoms with van der Waals surface area (Å²) in [6.07, 6.45) is 1.59. The molecule has 0 spiro atoms. The van der Waals surface area contributed by atoms with Crippen molar-refractivity contribution in [3.8, 4) is 0 Å². The summed E-state index contributed by atoms with van der Waals surface area (Å²) in [5.74, 6) is 0. The zero-order valence-electron chi connectivity index (χ0n) is 6.41. The molecule has 0 fully saturated rings. The molecule has 2 aromatic rings. The fourth-order valence-corrected chi connectivity index (χ4v) is 1.21. The lowest BCUT2D eigenvalue weighted by molar-refractivity contribution is 0.282. The first-order valence-corrected chi connectivity index (χ1v) is 3.64. The maximum atomic E-state index is 8.90. The normalized spacial score (nSPS) is 10.8. The van der Waals surface area contributed by atoms with Crippen molar-refractivity contribution >= 4 is 16.7 Å². The molecular weight excluding hydrogens is 154 g/mol. The number of nitrogen functional groups attached to an aromatic ring is 1. The van der Waals surface area contributed by atoms with E-state index in [4.69, 9.17) is 10.8 Å². The van der Waals surface area contributed by atoms with Crippen molar-refractivity contribution in [2.24, 2.45) is 0 Å². The second-order valence-corrected chi connectivity index (χ2v) is 2.60. The predicted molar refractivity (Wildman–Crippen MR) is 46.4 cm³/mol. The highest BCUT2D eigenvalue weighted by Crippen LogP contribution is 2.21. The van der Waals surface area contributed by atoms with E-state index in [2.05, 4.69) is 9.97 Å². The quantitative estimate of drug-likeness (QED) is 0.540. The molecule has 0 aliphatic heterocycles. The summed E-state index contributed by atoms with van der Waals surface area (Å²) in [6.45, 7) is -0.0470. The molecule has 4 heteroatoms. The van der Waals surface area contributed by atoms with Gasteiger partial charge >= 0.3 is 0 Å². The average Bonchev–Trinajstić information content (AvgIpc) is 2.53. The van der Waals surface area contributed by atoms with Crippen LogP contribution in [-0.4, -0.2) is 15.1 Å². The van der Waals surface area contributed by atoms with E-state index in [-0.39, 0.29) is 6.61 Å². The Morgan fingerprint density at radius 1 is 1.50 bits per heavy atom. The molecule has 4 nitrogen and oxygen atoms in total. The molecule has 0 saturated carbocycles. The van der Waals surface area contributed by atoms with Crippen LogP contribution in [0.2, 0.25) is 0 Å². The van der Waals surface area contributed by atoms with E-state index in [9.17, 15) is 0 Å². The molecule has 12 heavy (non-hydrogen) atoms. The highest BCUT2D eigenvalue weighted by molar-refractivity contribution is 5.88. The zero-order valence-corrected chi connectivity index (χ0v) is 6.41. The van der Waals surface area contributed by atoms with Gasteiger partial charge in [0.05, 0.1) is 24.1 Å². The second-order valence-electron chi connectivity index (χ2n) is 2.60. The molecule has 0 saturated heterocycles. The molecule has 62 valence electrons. The maximum Gasteiger partial charge on any atom is 0.111 e. The van der Waals surface area contributed by atoms with Gasteiger partial charge in [0.25, 0.3) is 0 Å². The molecule has 1 aromatic heterocycles. The lowest BCUT2D eigenvalue weighted by Gasteiger charge is -2.01. The largest absolute Gasteiger partial charge is 0.397 e. The van der Waals surface area contributed by atoms with Crippen molar-refractivity contribution in [3.63, 3.8) is 0 Å². The number of aromatic amines is 1. The number of aromatic nitrogens is 2. The summed E-state index contributed by atoms with van der Waals surface area (Å²) in [5.41, 5.74) is 8.62. The van der Waals surface area contributed by atoms with Crippen molar-refractivity contribution in [1.29, 1.82) is 0 Å². The van der Waals surface area contributed by atoms with E-state index < -0.39 is 0 Å². The minimum atomic E-state index is -0.0470. The van der Waals surface area contributed by atoms with E-state index >= 15 is 0 Å². The number of aliphatic hydroxyl groups excluding tert-OH is 1. The molecule has 0 unspecified atom stereocenters. The molecule has 0 bridgehead atoms. The Kier molecular flexibility index (Phi) is 1.48. The van der Waals surface area contributed by atoms with Gasteiger partial charge in [-0.3, -0.25) is 0 Å². The molecule has 4 N–H and O–H groups in total. The zero-order chi connectivity index (χ0) is 8.55. The van der Waals surface area contributed by atoms with Crippen LogP contribution in [0.25, 0.3) is 11.0 Å². The van der Waals surface area contributed by atoms with Crippen molar-refractivity contribution < 1.29 is 5.11 Å². The van der Waals surface area contributed by atoms with Crippen LogP contribution in [0.1, 0.15) is 5.56 Å². The number of rotatable bonds is 1. The van der Waals surface area contributed by atoms with E-state index in [1.807, 2.05) is 6.07 Å². The number of H-pyrrole nitrogens is 1. The topological polar surface area (TPSA) is 74.9 Å². The summed E-state index contributed by atoms with van der Waals surface area (Å²) >= 11 is 0. The Bertz CT molecular complexity index is 408. The monoisotopic (exact) mass is 163 g/mol. The number of nitrogens with one attached hydrogen (secondary N) is 1. The van der Waals surface area contributed by atoms with Crippen molar-refractivity contribution in [3.05, 3.63) is 24.0 Å². The van der Waals surface area contributed by atoms with Gasteiger partial charge in [-0.1, -0.05) is 6.07 Å². The highest BCUT2D eigenvalue weighted by atomic mass is 16.3. The Labute approximate surface area is 69.0 Å². The number of nitrogens with zero attached hydrogens (tertiary/aromatic N) is 1. The van der Waals surface area contributed by atoms with Gasteiger partial charge in [0, 0.05) is 5.56 Å². The van der Waals surface area contributed by atoms with Gasteiger partial charge in [-0.25, -0.2) is 4.98 Å². The molecule has 0 aliphatic carbocycles. The summed E-state index contributed by atoms with van der Waals surface area (Å²) in [7, 11) is 0. The van der Waals surface area contributed by atoms with Crippen LogP contribution in [0.4, 0.5) is 5.69 Å². The Morgan fingerprint density at radius 3 is 3.08 bits per heavy atom. The molecule has 0 radical (unpaired) electrons. The van der Waals surface area contributed by atoms with Crippen molar-refractivity contribution in [1.82, 2.24) is 9.97 Å². The fourth-order valence-electron chi connectivity index (χ4n) is 1.21. The van der Waals surface area contributed by atoms with Crippen LogP contribution >= 0.6 is 0 Å². The number of anilines is 1. The van der Waals surface area contributed by atoms with Crippen LogP contribution in [0.3, 0.4) is 0 Å². The van der Waals surface area contributed by atoms with Gasteiger partial charge in [0.2, 0.25) is 0 Å². The third-order valence-corrected chi connectivity index (χ3v) is 1.89. The standard InChI is InChI=1S/C8H9N3O/c9-7-5(3-12)1-2-6-8(7)11-4-10-6/h1-2,4,12H,3,9H2,(H,10,11). The molecule has 0 amide bonds. The fraction of sp³-hybridized carbons (Fsp3) is 0.125. The number of hydrogen-bond acceptors (Lipinski definition) is 3. The van der Waals surface area contributed by atoms with Crippen LogP contribution in [-0.2, 0) is 6.61 Å². The Morgan fingerprint density at radius 2 is 2.33 bits per heavy atom. The van der Waals surface area contributed by atoms with Crippen LogP contribution in [0, 0.1) is 0 Å². The molecule has 1 aromatic carbocycles. The third-order valence-electron chi connectivity index (χ3n) is 1.89. The molecule has 2 rings (SSSR count). The minimum Gasteiger partial charge on any atom is -0.397 e. The molecular formula is C8H9N3O. The van der Waals surface area contributed by atoms with Crippen molar-refractivity contribution in [2.75, 3.05) is 5.73 Å². The van der Waals surface area contributed by atoms with E-state index in [1.54, 1.807) is 12.4 Å². The second kappa shape index (κ2) is 2.49. The number of nitrogens with two attached hydrogens (primary N) is 1. The summed E-state index contributed by atoms with van der Waals surface area (Å²) in [4.78, 5) is 6.97. The van der Waals surface area contributed by atoms with Crippen molar-refractivity contribution in [2.45, 2.75) is 6.61 Å². The van der Waals surface area contributed by atoms with E-state index in [0.29, 0.717) is 5.69 Å². The molecule has 0 aliphatic rings. The Hall–Kier alpha value is -1.55.